The Kier molecular flexibility index (Phi) is 4.78. The Balaban J connectivity index is 1.68. The second kappa shape index (κ2) is 6.34. The molecule has 4 heteroatoms. The molecule has 0 saturated carbocycles. The van der Waals surface area contributed by atoms with Crippen LogP contribution in [-0.4, -0.2) is 41.4 Å². The van der Waals surface area contributed by atoms with E-state index in [9.17, 15) is 0 Å². The lowest BCUT2D eigenvalue weighted by Gasteiger charge is -2.28. The third kappa shape index (κ3) is 3.82. The van der Waals surface area contributed by atoms with Crippen LogP contribution in [0.2, 0.25) is 0 Å². The van der Waals surface area contributed by atoms with E-state index in [4.69, 9.17) is 0 Å². The first-order valence-electron chi connectivity index (χ1n) is 7.08. The van der Waals surface area contributed by atoms with E-state index >= 15 is 0 Å². The second-order valence-corrected chi connectivity index (χ2v) is 5.76. The van der Waals surface area contributed by atoms with Gasteiger partial charge < -0.3 is 10.2 Å². The van der Waals surface area contributed by atoms with Crippen molar-refractivity contribution in [3.63, 3.8) is 0 Å². The van der Waals surface area contributed by atoms with Crippen LogP contribution in [0.4, 0.5) is 0 Å². The first-order valence-corrected chi connectivity index (χ1v) is 7.08. The van der Waals surface area contributed by atoms with E-state index in [2.05, 4.69) is 48.5 Å². The summed E-state index contributed by atoms with van der Waals surface area (Å²) in [4.78, 5) is 2.42. The molecule has 4 nitrogen and oxygen atoms in total. The highest BCUT2D eigenvalue weighted by Gasteiger charge is 2.15. The summed E-state index contributed by atoms with van der Waals surface area (Å²) in [6.45, 7) is 8.82. The predicted molar refractivity (Wildman–Crippen MR) is 74.5 cm³/mol. The summed E-state index contributed by atoms with van der Waals surface area (Å²) < 4.78 is 2.02. The SMILES string of the molecule is CC(C)n1ccc(CNCC2CCN(C)CC2)n1. The second-order valence-electron chi connectivity index (χ2n) is 5.76. The van der Waals surface area contributed by atoms with E-state index in [-0.39, 0.29) is 0 Å². The van der Waals surface area contributed by atoms with Crippen molar-refractivity contribution < 1.29 is 0 Å². The highest BCUT2D eigenvalue weighted by molar-refractivity contribution is 4.99. The fourth-order valence-corrected chi connectivity index (χ4v) is 2.43. The van der Waals surface area contributed by atoms with Gasteiger partial charge in [-0.3, -0.25) is 4.68 Å². The molecule has 1 aliphatic rings. The van der Waals surface area contributed by atoms with Crippen molar-refractivity contribution in [1.82, 2.24) is 20.0 Å². The van der Waals surface area contributed by atoms with Gasteiger partial charge >= 0.3 is 0 Å². The molecule has 1 N–H and O–H groups in total. The fourth-order valence-electron chi connectivity index (χ4n) is 2.43. The van der Waals surface area contributed by atoms with Gasteiger partial charge in [0.05, 0.1) is 5.69 Å². The van der Waals surface area contributed by atoms with Gasteiger partial charge in [-0.15, -0.1) is 0 Å². The van der Waals surface area contributed by atoms with Crippen LogP contribution in [0.25, 0.3) is 0 Å². The third-order valence-electron chi connectivity index (χ3n) is 3.77. The van der Waals surface area contributed by atoms with Crippen LogP contribution < -0.4 is 5.32 Å². The van der Waals surface area contributed by atoms with Crippen LogP contribution in [0.3, 0.4) is 0 Å². The molecule has 0 spiro atoms. The topological polar surface area (TPSA) is 33.1 Å². The summed E-state index contributed by atoms with van der Waals surface area (Å²) in [6, 6.07) is 2.56. The number of hydrogen-bond acceptors (Lipinski definition) is 3. The van der Waals surface area contributed by atoms with Gasteiger partial charge in [0.2, 0.25) is 0 Å². The van der Waals surface area contributed by atoms with Gasteiger partial charge in [-0.2, -0.15) is 5.10 Å². The summed E-state index contributed by atoms with van der Waals surface area (Å²) in [5.41, 5.74) is 1.15. The molecule has 0 bridgehead atoms. The third-order valence-corrected chi connectivity index (χ3v) is 3.77. The monoisotopic (exact) mass is 250 g/mol. The predicted octanol–water partition coefficient (Wildman–Crippen LogP) is 1.90. The average Bonchev–Trinajstić information content (AvgIpc) is 2.81. The lowest BCUT2D eigenvalue weighted by atomic mass is 9.97. The highest BCUT2D eigenvalue weighted by Crippen LogP contribution is 2.14. The van der Waals surface area contributed by atoms with Gasteiger partial charge in [-0.1, -0.05) is 0 Å². The first-order chi connectivity index (χ1) is 8.65. The smallest absolute Gasteiger partial charge is 0.0762 e. The van der Waals surface area contributed by atoms with Crippen molar-refractivity contribution in [2.45, 2.75) is 39.3 Å². The number of rotatable bonds is 5. The molecule has 2 heterocycles. The zero-order valence-electron chi connectivity index (χ0n) is 11.9. The molecule has 1 aromatic heterocycles. The zero-order chi connectivity index (χ0) is 13.0. The Morgan fingerprint density at radius 1 is 1.39 bits per heavy atom. The van der Waals surface area contributed by atoms with E-state index < -0.39 is 0 Å². The minimum absolute atomic E-state index is 0.452. The van der Waals surface area contributed by atoms with Gasteiger partial charge in [0.1, 0.15) is 0 Å². The molecule has 1 saturated heterocycles. The minimum atomic E-state index is 0.452. The molecular weight excluding hydrogens is 224 g/mol. The van der Waals surface area contributed by atoms with Crippen molar-refractivity contribution in [1.29, 1.82) is 0 Å². The Morgan fingerprint density at radius 3 is 2.72 bits per heavy atom. The van der Waals surface area contributed by atoms with Crippen molar-refractivity contribution >= 4 is 0 Å². The molecule has 18 heavy (non-hydrogen) atoms. The van der Waals surface area contributed by atoms with Gasteiger partial charge in [0, 0.05) is 18.8 Å². The standard InChI is InChI=1S/C14H26N4/c1-12(2)18-9-6-14(16-18)11-15-10-13-4-7-17(3)8-5-13/h6,9,12-13,15H,4-5,7-8,10-11H2,1-3H3. The molecular formula is C14H26N4. The zero-order valence-corrected chi connectivity index (χ0v) is 11.9. The van der Waals surface area contributed by atoms with Crippen molar-refractivity contribution in [3.8, 4) is 0 Å². The van der Waals surface area contributed by atoms with E-state index in [0.717, 1.165) is 24.7 Å². The Hall–Kier alpha value is -0.870. The molecule has 2 rings (SSSR count). The number of piperidine rings is 1. The van der Waals surface area contributed by atoms with Crippen LogP contribution in [-0.2, 0) is 6.54 Å². The average molecular weight is 250 g/mol. The highest BCUT2D eigenvalue weighted by atomic mass is 15.3. The van der Waals surface area contributed by atoms with Crippen LogP contribution in [0.1, 0.15) is 38.4 Å². The van der Waals surface area contributed by atoms with Gasteiger partial charge in [-0.25, -0.2) is 0 Å². The van der Waals surface area contributed by atoms with Crippen LogP contribution in [0.5, 0.6) is 0 Å². The summed E-state index contributed by atoms with van der Waals surface area (Å²) in [7, 11) is 2.21. The number of nitrogens with one attached hydrogen (secondary N) is 1. The van der Waals surface area contributed by atoms with Crippen molar-refractivity contribution in [2.24, 2.45) is 5.92 Å². The maximum atomic E-state index is 4.55. The van der Waals surface area contributed by atoms with Crippen molar-refractivity contribution in [2.75, 3.05) is 26.7 Å². The van der Waals surface area contributed by atoms with E-state index in [1.165, 1.54) is 25.9 Å². The van der Waals surface area contributed by atoms with Crippen molar-refractivity contribution in [3.05, 3.63) is 18.0 Å². The Bertz CT molecular complexity index is 350. The number of nitrogens with zero attached hydrogens (tertiary/aromatic N) is 3. The first kappa shape index (κ1) is 13.6. The Morgan fingerprint density at radius 2 is 2.11 bits per heavy atom. The molecule has 0 aromatic carbocycles. The summed E-state index contributed by atoms with van der Waals surface area (Å²) in [5, 5.41) is 8.09. The normalized spacial score (nSPS) is 18.7. The molecule has 0 aliphatic carbocycles. The quantitative estimate of drug-likeness (QED) is 0.866. The maximum absolute atomic E-state index is 4.55. The van der Waals surface area contributed by atoms with Gasteiger partial charge in [0.15, 0.2) is 0 Å². The van der Waals surface area contributed by atoms with E-state index in [0.29, 0.717) is 6.04 Å². The summed E-state index contributed by atoms with van der Waals surface area (Å²) >= 11 is 0. The van der Waals surface area contributed by atoms with E-state index in [1.54, 1.807) is 0 Å². The number of hydrogen-bond donors (Lipinski definition) is 1. The molecule has 1 aliphatic heterocycles. The van der Waals surface area contributed by atoms with Crippen LogP contribution in [0, 0.1) is 5.92 Å². The van der Waals surface area contributed by atoms with Crippen LogP contribution >= 0.6 is 0 Å². The molecule has 0 atom stereocenters. The van der Waals surface area contributed by atoms with E-state index in [1.807, 2.05) is 4.68 Å². The summed E-state index contributed by atoms with van der Waals surface area (Å²) in [5.74, 6) is 0.841. The largest absolute Gasteiger partial charge is 0.311 e. The maximum Gasteiger partial charge on any atom is 0.0762 e. The number of likely N-dealkylation sites (tertiary alicyclic amines) is 1. The van der Waals surface area contributed by atoms with Crippen LogP contribution in [0.15, 0.2) is 12.3 Å². The summed E-state index contributed by atoms with van der Waals surface area (Å²) in [6.07, 6.45) is 4.71. The Labute approximate surface area is 110 Å². The molecule has 1 aromatic rings. The number of aromatic nitrogens is 2. The minimum Gasteiger partial charge on any atom is -0.311 e. The molecule has 0 unspecified atom stereocenters. The lowest BCUT2D eigenvalue weighted by Crippen LogP contribution is -2.34. The molecule has 0 radical (unpaired) electrons. The molecule has 102 valence electrons. The fraction of sp³-hybridized carbons (Fsp3) is 0.786. The van der Waals surface area contributed by atoms with Gasteiger partial charge in [0.25, 0.3) is 0 Å². The molecule has 0 amide bonds. The molecule has 1 fully saturated rings. The lowest BCUT2D eigenvalue weighted by molar-refractivity contribution is 0.216. The van der Waals surface area contributed by atoms with Gasteiger partial charge in [-0.05, 0) is 65.4 Å².